The predicted octanol–water partition coefficient (Wildman–Crippen LogP) is 5.11. The second-order valence-corrected chi connectivity index (χ2v) is 9.77. The molecule has 9 nitrogen and oxygen atoms in total. The molecule has 0 saturated carbocycles. The Labute approximate surface area is 199 Å². The maximum absolute atomic E-state index is 12.4. The molecule has 2 rings (SSSR count). The number of carboxylic acids is 1. The molecule has 184 valence electrons. The quantitative estimate of drug-likeness (QED) is 0.363. The van der Waals surface area contributed by atoms with Gasteiger partial charge in [-0.05, 0) is 64.7 Å². The second kappa shape index (κ2) is 11.0. The summed E-state index contributed by atoms with van der Waals surface area (Å²) in [6, 6.07) is 13.1. The van der Waals surface area contributed by atoms with Crippen molar-refractivity contribution >= 4 is 17.7 Å². The van der Waals surface area contributed by atoms with Crippen LogP contribution in [-0.4, -0.2) is 33.7 Å². The normalized spacial score (nSPS) is 12.5. The highest BCUT2D eigenvalue weighted by Gasteiger charge is 2.32. The third kappa shape index (κ3) is 8.38. The van der Waals surface area contributed by atoms with Crippen LogP contribution < -0.4 is 10.1 Å². The summed E-state index contributed by atoms with van der Waals surface area (Å²) in [6.45, 7) is 8.49. The fourth-order valence-electron chi connectivity index (χ4n) is 3.32. The number of nitrogens with zero attached hydrogens (tertiary/aromatic N) is 1. The van der Waals surface area contributed by atoms with Crippen molar-refractivity contribution in [3.63, 3.8) is 0 Å². The zero-order chi connectivity index (χ0) is 25.5. The van der Waals surface area contributed by atoms with Gasteiger partial charge in [0.2, 0.25) is 0 Å². The Hall–Kier alpha value is -3.62. The number of alkyl carbamates (subject to hydrolysis) is 1. The van der Waals surface area contributed by atoms with Crippen molar-refractivity contribution in [1.29, 1.82) is 0 Å². The molecule has 0 aliphatic heterocycles. The van der Waals surface area contributed by atoms with E-state index < -0.39 is 34.0 Å². The summed E-state index contributed by atoms with van der Waals surface area (Å²) in [5.41, 5.74) is -0.511. The fraction of sp³-hybridized carbons (Fsp3) is 0.440. The van der Waals surface area contributed by atoms with E-state index in [1.54, 1.807) is 46.8 Å². The van der Waals surface area contributed by atoms with Crippen molar-refractivity contribution in [3.8, 4) is 5.75 Å². The first-order valence-electron chi connectivity index (χ1n) is 10.9. The molecule has 0 fully saturated rings. The van der Waals surface area contributed by atoms with Crippen LogP contribution in [0.25, 0.3) is 0 Å². The number of rotatable bonds is 10. The maximum Gasteiger partial charge on any atom is 0.407 e. The van der Waals surface area contributed by atoms with Gasteiger partial charge in [0.1, 0.15) is 12.2 Å². The zero-order valence-electron chi connectivity index (χ0n) is 20.2. The van der Waals surface area contributed by atoms with Crippen LogP contribution in [0.3, 0.4) is 0 Å². The number of carbonyl (C=O) groups excluding carboxylic acids is 1. The van der Waals surface area contributed by atoms with Gasteiger partial charge in [-0.3, -0.25) is 14.9 Å². The lowest BCUT2D eigenvalue weighted by molar-refractivity contribution is -0.386. The second-order valence-electron chi connectivity index (χ2n) is 9.77. The summed E-state index contributed by atoms with van der Waals surface area (Å²) in [6.07, 6.45) is -0.310. The molecule has 1 amide bonds. The van der Waals surface area contributed by atoms with E-state index in [1.807, 2.05) is 30.3 Å². The van der Waals surface area contributed by atoms with Gasteiger partial charge in [0, 0.05) is 12.1 Å². The number of nitro groups is 1. The third-order valence-electron chi connectivity index (χ3n) is 5.00. The standard InChI is InChI=1S/C25H32N2O7/c1-24(2,3)34-23(30)26-19(15-25(4,5)22(28)29)13-18-11-12-20(27(31)32)21(14-18)33-16-17-9-7-6-8-10-17/h6-12,14,19H,13,15-16H2,1-5H3,(H,26,30)(H,28,29)/t19-/m0/s1. The van der Waals surface area contributed by atoms with E-state index in [-0.39, 0.29) is 30.9 Å². The summed E-state index contributed by atoms with van der Waals surface area (Å²) in [4.78, 5) is 35.0. The van der Waals surface area contributed by atoms with E-state index in [2.05, 4.69) is 5.32 Å². The van der Waals surface area contributed by atoms with Crippen LogP contribution >= 0.6 is 0 Å². The molecule has 0 aromatic heterocycles. The highest BCUT2D eigenvalue weighted by Crippen LogP contribution is 2.31. The Balaban J connectivity index is 2.27. The minimum atomic E-state index is -1.12. The lowest BCUT2D eigenvalue weighted by Crippen LogP contribution is -2.43. The minimum Gasteiger partial charge on any atom is -0.482 e. The molecule has 2 aromatic rings. The van der Waals surface area contributed by atoms with Crippen LogP contribution in [0, 0.1) is 15.5 Å². The van der Waals surface area contributed by atoms with Crippen molar-refractivity contribution < 1.29 is 29.1 Å². The van der Waals surface area contributed by atoms with E-state index in [1.165, 1.54) is 6.07 Å². The molecule has 0 saturated heterocycles. The number of amides is 1. The molecule has 0 aliphatic carbocycles. The highest BCUT2D eigenvalue weighted by molar-refractivity contribution is 5.74. The number of carbonyl (C=O) groups is 2. The number of hydrogen-bond acceptors (Lipinski definition) is 6. The van der Waals surface area contributed by atoms with E-state index in [0.717, 1.165) is 5.56 Å². The average Bonchev–Trinajstić information content (AvgIpc) is 2.71. The summed E-state index contributed by atoms with van der Waals surface area (Å²) in [5.74, 6) is -0.904. The van der Waals surface area contributed by atoms with Gasteiger partial charge in [0.15, 0.2) is 5.75 Å². The minimum absolute atomic E-state index is 0.0971. The average molecular weight is 473 g/mol. The molecule has 9 heteroatoms. The Morgan fingerprint density at radius 3 is 2.26 bits per heavy atom. The van der Waals surface area contributed by atoms with Crippen molar-refractivity contribution in [2.24, 2.45) is 5.41 Å². The molecule has 2 aromatic carbocycles. The number of aliphatic carboxylic acids is 1. The number of benzene rings is 2. The first-order chi connectivity index (χ1) is 15.8. The molecule has 0 bridgehead atoms. The number of nitrogens with one attached hydrogen (secondary N) is 1. The molecule has 34 heavy (non-hydrogen) atoms. The molecule has 0 radical (unpaired) electrons. The number of ether oxygens (including phenoxy) is 2. The van der Waals surface area contributed by atoms with Gasteiger partial charge >= 0.3 is 17.7 Å². The molecular formula is C25H32N2O7. The summed E-state index contributed by atoms with van der Waals surface area (Å²) in [5, 5.41) is 23.8. The maximum atomic E-state index is 12.4. The van der Waals surface area contributed by atoms with Crippen LogP contribution in [0.2, 0.25) is 0 Å². The van der Waals surface area contributed by atoms with Crippen LogP contribution in [0.4, 0.5) is 10.5 Å². The van der Waals surface area contributed by atoms with E-state index in [9.17, 15) is 24.8 Å². The fourth-order valence-corrected chi connectivity index (χ4v) is 3.32. The number of nitro benzene ring substituents is 1. The van der Waals surface area contributed by atoms with E-state index in [4.69, 9.17) is 9.47 Å². The Morgan fingerprint density at radius 1 is 1.06 bits per heavy atom. The van der Waals surface area contributed by atoms with Gasteiger partial charge in [-0.15, -0.1) is 0 Å². The van der Waals surface area contributed by atoms with Gasteiger partial charge in [-0.25, -0.2) is 4.79 Å². The van der Waals surface area contributed by atoms with Crippen molar-refractivity contribution in [2.75, 3.05) is 0 Å². The smallest absolute Gasteiger partial charge is 0.407 e. The Bertz CT molecular complexity index is 1010. The Morgan fingerprint density at radius 2 is 1.71 bits per heavy atom. The van der Waals surface area contributed by atoms with Crippen LogP contribution in [0.1, 0.15) is 52.2 Å². The lowest BCUT2D eigenvalue weighted by Gasteiger charge is -2.28. The van der Waals surface area contributed by atoms with E-state index in [0.29, 0.717) is 5.56 Å². The molecule has 0 aliphatic rings. The molecule has 0 spiro atoms. The summed E-state index contributed by atoms with van der Waals surface area (Å²) < 4.78 is 11.1. The van der Waals surface area contributed by atoms with Gasteiger partial charge in [0.25, 0.3) is 0 Å². The molecular weight excluding hydrogens is 440 g/mol. The lowest BCUT2D eigenvalue weighted by atomic mass is 9.84. The number of hydrogen-bond donors (Lipinski definition) is 2. The van der Waals surface area contributed by atoms with Crippen molar-refractivity contribution in [2.45, 2.75) is 65.7 Å². The first kappa shape index (κ1) is 26.6. The SMILES string of the molecule is CC(C)(C)OC(=O)N[C@@H](Cc1ccc([N+](=O)[O-])c(OCc2ccccc2)c1)CC(C)(C)C(=O)O. The van der Waals surface area contributed by atoms with Crippen LogP contribution in [0.5, 0.6) is 5.75 Å². The summed E-state index contributed by atoms with van der Waals surface area (Å²) >= 11 is 0. The van der Waals surface area contributed by atoms with Crippen LogP contribution in [-0.2, 0) is 22.6 Å². The Kier molecular flexibility index (Phi) is 8.62. The highest BCUT2D eigenvalue weighted by atomic mass is 16.6. The molecule has 0 heterocycles. The van der Waals surface area contributed by atoms with Gasteiger partial charge in [-0.2, -0.15) is 0 Å². The zero-order valence-corrected chi connectivity index (χ0v) is 20.2. The first-order valence-corrected chi connectivity index (χ1v) is 10.9. The number of carboxylic acid groups (broad SMARTS) is 1. The van der Waals surface area contributed by atoms with Crippen LogP contribution in [0.15, 0.2) is 48.5 Å². The van der Waals surface area contributed by atoms with Gasteiger partial charge < -0.3 is 19.9 Å². The van der Waals surface area contributed by atoms with Gasteiger partial charge in [-0.1, -0.05) is 36.4 Å². The molecule has 1 atom stereocenters. The largest absolute Gasteiger partial charge is 0.482 e. The predicted molar refractivity (Wildman–Crippen MR) is 127 cm³/mol. The van der Waals surface area contributed by atoms with Crippen molar-refractivity contribution in [3.05, 3.63) is 69.8 Å². The van der Waals surface area contributed by atoms with E-state index >= 15 is 0 Å². The monoisotopic (exact) mass is 472 g/mol. The molecule has 0 unspecified atom stereocenters. The summed E-state index contributed by atoms with van der Waals surface area (Å²) in [7, 11) is 0. The van der Waals surface area contributed by atoms with Crippen molar-refractivity contribution in [1.82, 2.24) is 5.32 Å². The topological polar surface area (TPSA) is 128 Å². The van der Waals surface area contributed by atoms with Gasteiger partial charge in [0.05, 0.1) is 10.3 Å². The third-order valence-corrected chi connectivity index (χ3v) is 5.00. The molecule has 2 N–H and O–H groups in total.